The second-order valence-corrected chi connectivity index (χ2v) is 4.47. The van der Waals surface area contributed by atoms with Gasteiger partial charge in [-0.3, -0.25) is 4.79 Å². The summed E-state index contributed by atoms with van der Waals surface area (Å²) >= 11 is 5.82. The van der Waals surface area contributed by atoms with E-state index in [0.717, 1.165) is 5.56 Å². The summed E-state index contributed by atoms with van der Waals surface area (Å²) < 4.78 is 0. The van der Waals surface area contributed by atoms with Gasteiger partial charge >= 0.3 is 0 Å². The van der Waals surface area contributed by atoms with E-state index in [1.54, 1.807) is 12.1 Å². The van der Waals surface area contributed by atoms with Crippen LogP contribution in [-0.2, 0) is 0 Å². The summed E-state index contributed by atoms with van der Waals surface area (Å²) in [5, 5.41) is 3.46. The van der Waals surface area contributed by atoms with E-state index in [-0.39, 0.29) is 23.5 Å². The van der Waals surface area contributed by atoms with Crippen LogP contribution in [-0.4, -0.2) is 15.9 Å². The minimum atomic E-state index is -0.354. The van der Waals surface area contributed by atoms with Gasteiger partial charge in [0.1, 0.15) is 0 Å². The molecule has 2 rings (SSSR count). The van der Waals surface area contributed by atoms with E-state index in [2.05, 4.69) is 15.3 Å². The summed E-state index contributed by atoms with van der Waals surface area (Å²) in [6.45, 7) is 1.87. The van der Waals surface area contributed by atoms with Crippen molar-refractivity contribution < 1.29 is 4.79 Å². The predicted octanol–water partition coefficient (Wildman–Crippen LogP) is 2.20. The zero-order valence-corrected chi connectivity index (χ0v) is 11.1. The molecule has 0 aliphatic heterocycles. The number of anilines is 1. The molecule has 0 fully saturated rings. The van der Waals surface area contributed by atoms with Crippen LogP contribution in [0.4, 0.5) is 5.82 Å². The Morgan fingerprint density at radius 1 is 1.26 bits per heavy atom. The van der Waals surface area contributed by atoms with Gasteiger partial charge in [-0.25, -0.2) is 9.97 Å². The van der Waals surface area contributed by atoms with Gasteiger partial charge < -0.3 is 11.1 Å². The molecule has 1 amide bonds. The number of hydrogen-bond donors (Lipinski definition) is 2. The second kappa shape index (κ2) is 5.67. The maximum atomic E-state index is 12.0. The molecule has 0 aliphatic rings. The number of nitrogens with one attached hydrogen (secondary N) is 1. The molecule has 1 aromatic carbocycles. The largest absolute Gasteiger partial charge is 0.382 e. The number of halogens is 1. The van der Waals surface area contributed by atoms with E-state index in [1.807, 2.05) is 19.1 Å². The number of nitrogens with zero attached hydrogens (tertiary/aromatic N) is 2. The van der Waals surface area contributed by atoms with Crippen molar-refractivity contribution in [1.29, 1.82) is 0 Å². The predicted molar refractivity (Wildman–Crippen MR) is 73.8 cm³/mol. The Morgan fingerprint density at radius 2 is 1.89 bits per heavy atom. The van der Waals surface area contributed by atoms with Gasteiger partial charge in [0.15, 0.2) is 11.5 Å². The third kappa shape index (κ3) is 3.20. The Kier molecular flexibility index (Phi) is 3.97. The van der Waals surface area contributed by atoms with Crippen molar-refractivity contribution >= 4 is 23.3 Å². The lowest BCUT2D eigenvalue weighted by molar-refractivity contribution is 0.0935. The molecule has 98 valence electrons. The first-order valence-electron chi connectivity index (χ1n) is 5.70. The first-order chi connectivity index (χ1) is 9.08. The van der Waals surface area contributed by atoms with Crippen molar-refractivity contribution in [3.63, 3.8) is 0 Å². The van der Waals surface area contributed by atoms with Crippen molar-refractivity contribution in [1.82, 2.24) is 15.3 Å². The molecular weight excluding hydrogens is 264 g/mol. The van der Waals surface area contributed by atoms with E-state index >= 15 is 0 Å². The van der Waals surface area contributed by atoms with Gasteiger partial charge in [0.05, 0.1) is 6.04 Å². The fraction of sp³-hybridized carbons (Fsp3) is 0.154. The van der Waals surface area contributed by atoms with Gasteiger partial charge in [-0.05, 0) is 24.6 Å². The molecule has 0 saturated heterocycles. The molecule has 5 nitrogen and oxygen atoms in total. The molecule has 0 bridgehead atoms. The fourth-order valence-electron chi connectivity index (χ4n) is 1.62. The van der Waals surface area contributed by atoms with Crippen molar-refractivity contribution in [2.75, 3.05) is 5.73 Å². The topological polar surface area (TPSA) is 80.9 Å². The average molecular weight is 277 g/mol. The molecule has 6 heteroatoms. The van der Waals surface area contributed by atoms with Crippen LogP contribution >= 0.6 is 11.6 Å². The van der Waals surface area contributed by atoms with Crippen LogP contribution in [0.1, 0.15) is 29.0 Å². The monoisotopic (exact) mass is 276 g/mol. The molecule has 0 aliphatic carbocycles. The van der Waals surface area contributed by atoms with Gasteiger partial charge in [0, 0.05) is 17.4 Å². The highest BCUT2D eigenvalue weighted by atomic mass is 35.5. The summed E-state index contributed by atoms with van der Waals surface area (Å²) in [7, 11) is 0. The number of rotatable bonds is 3. The summed E-state index contributed by atoms with van der Waals surface area (Å²) in [5.41, 5.74) is 6.68. The summed E-state index contributed by atoms with van der Waals surface area (Å²) in [6.07, 6.45) is 2.87. The van der Waals surface area contributed by atoms with E-state index in [4.69, 9.17) is 17.3 Å². The third-order valence-corrected chi connectivity index (χ3v) is 2.91. The molecule has 3 N–H and O–H groups in total. The lowest BCUT2D eigenvalue weighted by atomic mass is 10.1. The van der Waals surface area contributed by atoms with Crippen molar-refractivity contribution in [3.05, 3.63) is 52.9 Å². The SMILES string of the molecule is C[C@@H](NC(=O)c1nccnc1N)c1ccc(Cl)cc1. The fourth-order valence-corrected chi connectivity index (χ4v) is 1.75. The zero-order valence-electron chi connectivity index (χ0n) is 10.3. The number of amides is 1. The minimum Gasteiger partial charge on any atom is -0.382 e. The normalized spacial score (nSPS) is 11.9. The van der Waals surface area contributed by atoms with Crippen LogP contribution in [0.5, 0.6) is 0 Å². The summed E-state index contributed by atoms with van der Waals surface area (Å²) in [4.78, 5) is 19.7. The van der Waals surface area contributed by atoms with Gasteiger partial charge in [0.25, 0.3) is 5.91 Å². The quantitative estimate of drug-likeness (QED) is 0.900. The number of aromatic nitrogens is 2. The molecular formula is C13H13ClN4O. The van der Waals surface area contributed by atoms with Crippen molar-refractivity contribution in [2.45, 2.75) is 13.0 Å². The van der Waals surface area contributed by atoms with Crippen molar-refractivity contribution in [2.24, 2.45) is 0 Å². The first-order valence-corrected chi connectivity index (χ1v) is 6.08. The van der Waals surface area contributed by atoms with Crippen LogP contribution < -0.4 is 11.1 Å². The Morgan fingerprint density at radius 3 is 2.53 bits per heavy atom. The zero-order chi connectivity index (χ0) is 13.8. The summed E-state index contributed by atoms with van der Waals surface area (Å²) in [5.74, 6) is -0.239. The van der Waals surface area contributed by atoms with Crippen LogP contribution in [0.3, 0.4) is 0 Å². The molecule has 0 saturated carbocycles. The van der Waals surface area contributed by atoms with Gasteiger partial charge in [-0.2, -0.15) is 0 Å². The van der Waals surface area contributed by atoms with Crippen LogP contribution in [0.2, 0.25) is 5.02 Å². The van der Waals surface area contributed by atoms with Crippen LogP contribution in [0, 0.1) is 0 Å². The number of benzene rings is 1. The lowest BCUT2D eigenvalue weighted by Crippen LogP contribution is -2.28. The highest BCUT2D eigenvalue weighted by Crippen LogP contribution is 2.16. The minimum absolute atomic E-state index is 0.114. The van der Waals surface area contributed by atoms with E-state index in [9.17, 15) is 4.79 Å². The molecule has 19 heavy (non-hydrogen) atoms. The Labute approximate surface area is 115 Å². The van der Waals surface area contributed by atoms with Crippen LogP contribution in [0.15, 0.2) is 36.7 Å². The number of nitrogen functional groups attached to an aromatic ring is 1. The Balaban J connectivity index is 2.11. The molecule has 0 spiro atoms. The molecule has 0 unspecified atom stereocenters. The van der Waals surface area contributed by atoms with Gasteiger partial charge in [-0.1, -0.05) is 23.7 Å². The maximum Gasteiger partial charge on any atom is 0.274 e. The average Bonchev–Trinajstić information content (AvgIpc) is 2.39. The Bertz CT molecular complexity index is 585. The van der Waals surface area contributed by atoms with E-state index in [0.29, 0.717) is 5.02 Å². The highest BCUT2D eigenvalue weighted by molar-refractivity contribution is 6.30. The van der Waals surface area contributed by atoms with E-state index < -0.39 is 0 Å². The highest BCUT2D eigenvalue weighted by Gasteiger charge is 2.15. The van der Waals surface area contributed by atoms with Crippen LogP contribution in [0.25, 0.3) is 0 Å². The van der Waals surface area contributed by atoms with Gasteiger partial charge in [-0.15, -0.1) is 0 Å². The van der Waals surface area contributed by atoms with Gasteiger partial charge in [0.2, 0.25) is 0 Å². The number of hydrogen-bond acceptors (Lipinski definition) is 4. The molecule has 2 aromatic rings. The van der Waals surface area contributed by atoms with Crippen molar-refractivity contribution in [3.8, 4) is 0 Å². The molecule has 0 radical (unpaired) electrons. The van der Waals surface area contributed by atoms with E-state index in [1.165, 1.54) is 12.4 Å². The Hall–Kier alpha value is -2.14. The maximum absolute atomic E-state index is 12.0. The number of carbonyl (C=O) groups is 1. The second-order valence-electron chi connectivity index (χ2n) is 4.04. The standard InChI is InChI=1S/C13H13ClN4O/c1-8(9-2-4-10(14)5-3-9)18-13(19)11-12(15)17-7-6-16-11/h2-8H,1H3,(H2,15,17)(H,18,19)/t8-/m1/s1. The number of carbonyl (C=O) groups excluding carboxylic acids is 1. The molecule has 1 aromatic heterocycles. The smallest absolute Gasteiger partial charge is 0.274 e. The molecule has 1 atom stereocenters. The lowest BCUT2D eigenvalue weighted by Gasteiger charge is -2.14. The third-order valence-electron chi connectivity index (χ3n) is 2.66. The summed E-state index contributed by atoms with van der Waals surface area (Å²) in [6, 6.07) is 7.08. The number of nitrogens with two attached hydrogens (primary N) is 1. The molecule has 1 heterocycles. The first kappa shape index (κ1) is 13.3.